The fourth-order valence-electron chi connectivity index (χ4n) is 3.48. The van der Waals surface area contributed by atoms with E-state index in [1.807, 2.05) is 0 Å². The Hall–Kier alpha value is -3.33. The fraction of sp³-hybridized carbons (Fsp3) is 0.190. The first kappa shape index (κ1) is 22.4. The third kappa shape index (κ3) is 4.13. The number of esters is 1. The van der Waals surface area contributed by atoms with E-state index < -0.39 is 51.2 Å². The zero-order valence-electron chi connectivity index (χ0n) is 16.3. The number of nitro groups is 1. The van der Waals surface area contributed by atoms with Crippen LogP contribution in [0.4, 0.5) is 13.2 Å². The normalized spacial score (nSPS) is 16.3. The van der Waals surface area contributed by atoms with Crippen LogP contribution in [-0.4, -0.2) is 17.5 Å². The fourth-order valence-corrected chi connectivity index (χ4v) is 3.72. The Labute approximate surface area is 180 Å². The number of nitrogens with zero attached hydrogens (tertiary/aromatic N) is 1. The van der Waals surface area contributed by atoms with E-state index in [4.69, 9.17) is 16.3 Å². The van der Waals surface area contributed by atoms with Crippen LogP contribution in [0.2, 0.25) is 5.02 Å². The second kappa shape index (κ2) is 8.81. The number of carbonyl (C=O) groups is 1. The zero-order valence-corrected chi connectivity index (χ0v) is 17.1. The number of nitrogens with one attached hydrogen (secondary N) is 1. The van der Waals surface area contributed by atoms with Gasteiger partial charge >= 0.3 is 5.97 Å². The number of benzene rings is 2. The molecule has 0 fully saturated rings. The van der Waals surface area contributed by atoms with Crippen LogP contribution in [0.15, 0.2) is 53.4 Å². The molecule has 0 aliphatic carbocycles. The number of ether oxygens (including phenoxy) is 1. The molecule has 1 atom stereocenters. The van der Waals surface area contributed by atoms with Gasteiger partial charge in [0.15, 0.2) is 0 Å². The zero-order chi connectivity index (χ0) is 22.9. The molecule has 0 saturated carbocycles. The molecule has 1 aliphatic rings. The number of halogens is 4. The van der Waals surface area contributed by atoms with Crippen molar-refractivity contribution in [1.82, 2.24) is 5.32 Å². The Morgan fingerprint density at radius 2 is 1.84 bits per heavy atom. The summed E-state index contributed by atoms with van der Waals surface area (Å²) in [5.74, 6) is -6.12. The van der Waals surface area contributed by atoms with E-state index >= 15 is 0 Å². The Balaban J connectivity index is 2.38. The lowest BCUT2D eigenvalue weighted by Gasteiger charge is -2.28. The number of dihydropyridines is 1. The summed E-state index contributed by atoms with van der Waals surface area (Å²) in [6.45, 7) is 2.97. The van der Waals surface area contributed by atoms with Crippen LogP contribution in [0.3, 0.4) is 0 Å². The lowest BCUT2D eigenvalue weighted by atomic mass is 9.82. The third-order valence-electron chi connectivity index (χ3n) is 4.70. The Morgan fingerprint density at radius 3 is 2.39 bits per heavy atom. The molecular weight excluding hydrogens is 437 g/mol. The van der Waals surface area contributed by atoms with Gasteiger partial charge in [-0.05, 0) is 25.5 Å². The SMILES string of the molecule is CCOC(=O)C1=C(C)NC(c2c(F)cc(F)cc2F)=C([N+](=O)[O-])C1c1ccccc1Cl. The van der Waals surface area contributed by atoms with E-state index in [1.165, 1.54) is 19.1 Å². The van der Waals surface area contributed by atoms with Gasteiger partial charge in [-0.3, -0.25) is 10.1 Å². The Bertz CT molecular complexity index is 1120. The molecular formula is C21H16ClF3N2O4. The number of rotatable bonds is 5. The van der Waals surface area contributed by atoms with Crippen molar-refractivity contribution < 1.29 is 27.6 Å². The summed E-state index contributed by atoms with van der Waals surface area (Å²) < 4.78 is 47.5. The highest BCUT2D eigenvalue weighted by atomic mass is 35.5. The standard InChI is InChI=1S/C21H16ClF3N2O4/c1-3-31-21(28)16-10(2)26-19(18-14(24)8-11(23)9-15(18)25)20(27(29)30)17(16)12-6-4-5-7-13(12)22/h4-9,17,26H,3H2,1-2H3. The van der Waals surface area contributed by atoms with Gasteiger partial charge in [0.05, 0.1) is 22.7 Å². The van der Waals surface area contributed by atoms with Crippen LogP contribution in [0.1, 0.15) is 30.9 Å². The van der Waals surface area contributed by atoms with E-state index in [9.17, 15) is 28.1 Å². The average Bonchev–Trinajstić information content (AvgIpc) is 2.67. The Kier molecular flexibility index (Phi) is 6.35. The van der Waals surface area contributed by atoms with E-state index in [-0.39, 0.29) is 28.5 Å². The average molecular weight is 453 g/mol. The van der Waals surface area contributed by atoms with Crippen LogP contribution in [-0.2, 0) is 9.53 Å². The van der Waals surface area contributed by atoms with Crippen molar-refractivity contribution in [2.45, 2.75) is 19.8 Å². The molecule has 3 rings (SSSR count). The van der Waals surface area contributed by atoms with Crippen LogP contribution in [0.25, 0.3) is 5.70 Å². The van der Waals surface area contributed by atoms with Crippen molar-refractivity contribution >= 4 is 23.3 Å². The quantitative estimate of drug-likeness (QED) is 0.395. The number of hydrogen-bond donors (Lipinski definition) is 1. The highest BCUT2D eigenvalue weighted by Gasteiger charge is 2.44. The van der Waals surface area contributed by atoms with Crippen molar-refractivity contribution in [2.75, 3.05) is 6.61 Å². The predicted octanol–water partition coefficient (Wildman–Crippen LogP) is 4.93. The second-order valence-electron chi connectivity index (χ2n) is 6.60. The lowest BCUT2D eigenvalue weighted by molar-refractivity contribution is -0.428. The molecule has 0 saturated heterocycles. The predicted molar refractivity (Wildman–Crippen MR) is 107 cm³/mol. The van der Waals surface area contributed by atoms with Crippen molar-refractivity contribution in [1.29, 1.82) is 0 Å². The van der Waals surface area contributed by atoms with Gasteiger partial charge in [0.1, 0.15) is 29.1 Å². The van der Waals surface area contributed by atoms with Gasteiger partial charge in [-0.2, -0.15) is 0 Å². The smallest absolute Gasteiger partial charge is 0.336 e. The molecule has 2 aromatic carbocycles. The molecule has 1 N–H and O–H groups in total. The van der Waals surface area contributed by atoms with Crippen molar-refractivity contribution in [3.8, 4) is 0 Å². The Morgan fingerprint density at radius 1 is 1.23 bits per heavy atom. The second-order valence-corrected chi connectivity index (χ2v) is 7.01. The van der Waals surface area contributed by atoms with E-state index in [0.29, 0.717) is 12.1 Å². The maximum atomic E-state index is 14.5. The van der Waals surface area contributed by atoms with Gasteiger partial charge in [-0.1, -0.05) is 29.8 Å². The monoisotopic (exact) mass is 452 g/mol. The highest BCUT2D eigenvalue weighted by molar-refractivity contribution is 6.31. The molecule has 2 aromatic rings. The third-order valence-corrected chi connectivity index (χ3v) is 5.04. The van der Waals surface area contributed by atoms with Gasteiger partial charge in [0.25, 0.3) is 5.70 Å². The van der Waals surface area contributed by atoms with Crippen LogP contribution < -0.4 is 5.32 Å². The topological polar surface area (TPSA) is 81.5 Å². The van der Waals surface area contributed by atoms with Crippen molar-refractivity contribution in [3.05, 3.63) is 97.1 Å². The summed E-state index contributed by atoms with van der Waals surface area (Å²) in [7, 11) is 0. The van der Waals surface area contributed by atoms with Gasteiger partial charge in [-0.15, -0.1) is 0 Å². The molecule has 0 radical (unpaired) electrons. The molecule has 6 nitrogen and oxygen atoms in total. The summed E-state index contributed by atoms with van der Waals surface area (Å²) in [6, 6.07) is 6.89. The summed E-state index contributed by atoms with van der Waals surface area (Å²) in [5, 5.41) is 14.8. The van der Waals surface area contributed by atoms with Crippen LogP contribution >= 0.6 is 11.6 Å². The maximum Gasteiger partial charge on any atom is 0.336 e. The first-order valence-electron chi connectivity index (χ1n) is 9.10. The van der Waals surface area contributed by atoms with Gasteiger partial charge in [0.2, 0.25) is 0 Å². The van der Waals surface area contributed by atoms with E-state index in [1.54, 1.807) is 19.1 Å². The largest absolute Gasteiger partial charge is 0.463 e. The lowest BCUT2D eigenvalue weighted by Crippen LogP contribution is -2.32. The summed E-state index contributed by atoms with van der Waals surface area (Å²) >= 11 is 6.26. The summed E-state index contributed by atoms with van der Waals surface area (Å²) in [6.07, 6.45) is 0. The molecule has 0 aromatic heterocycles. The highest BCUT2D eigenvalue weighted by Crippen LogP contribution is 2.44. The molecule has 0 spiro atoms. The molecule has 0 amide bonds. The minimum Gasteiger partial charge on any atom is -0.463 e. The van der Waals surface area contributed by atoms with E-state index in [2.05, 4.69) is 5.32 Å². The molecule has 31 heavy (non-hydrogen) atoms. The van der Waals surface area contributed by atoms with Crippen molar-refractivity contribution in [2.24, 2.45) is 0 Å². The first-order valence-corrected chi connectivity index (χ1v) is 9.47. The summed E-state index contributed by atoms with van der Waals surface area (Å²) in [4.78, 5) is 24.0. The first-order chi connectivity index (χ1) is 14.7. The maximum absolute atomic E-state index is 14.5. The minimum absolute atomic E-state index is 0.00353. The van der Waals surface area contributed by atoms with Gasteiger partial charge in [-0.25, -0.2) is 18.0 Å². The number of carbonyl (C=O) groups excluding carboxylic acids is 1. The molecule has 1 aliphatic heterocycles. The van der Waals surface area contributed by atoms with Gasteiger partial charge < -0.3 is 10.1 Å². The van der Waals surface area contributed by atoms with Crippen LogP contribution in [0, 0.1) is 27.6 Å². The molecule has 1 unspecified atom stereocenters. The van der Waals surface area contributed by atoms with E-state index in [0.717, 1.165) is 0 Å². The summed E-state index contributed by atoms with van der Waals surface area (Å²) in [5.41, 5.74) is -1.99. The minimum atomic E-state index is -1.40. The van der Waals surface area contributed by atoms with Gasteiger partial charge in [0, 0.05) is 22.9 Å². The molecule has 10 heteroatoms. The van der Waals surface area contributed by atoms with Crippen LogP contribution in [0.5, 0.6) is 0 Å². The molecule has 162 valence electrons. The molecule has 1 heterocycles. The molecule has 0 bridgehead atoms. The number of hydrogen-bond acceptors (Lipinski definition) is 5. The number of allylic oxidation sites excluding steroid dienone is 2. The van der Waals surface area contributed by atoms with Crippen molar-refractivity contribution in [3.63, 3.8) is 0 Å².